The molecule has 0 radical (unpaired) electrons. The fraction of sp³-hybridized carbons (Fsp3) is 0.118. The van der Waals surface area contributed by atoms with Crippen LogP contribution in [0.3, 0.4) is 0 Å². The van der Waals surface area contributed by atoms with Gasteiger partial charge in [0.15, 0.2) is 17.3 Å². The van der Waals surface area contributed by atoms with E-state index in [1.165, 1.54) is 38.5 Å². The highest BCUT2D eigenvalue weighted by Crippen LogP contribution is 2.35. The van der Waals surface area contributed by atoms with Crippen LogP contribution in [0.1, 0.15) is 15.9 Å². The van der Waals surface area contributed by atoms with Gasteiger partial charge in [-0.3, -0.25) is 14.9 Å². The van der Waals surface area contributed by atoms with Gasteiger partial charge in [-0.1, -0.05) is 29.3 Å². The summed E-state index contributed by atoms with van der Waals surface area (Å²) in [7, 11) is 2.73. The Morgan fingerprint density at radius 2 is 1.76 bits per heavy atom. The highest BCUT2D eigenvalue weighted by molar-refractivity contribution is 6.35. The van der Waals surface area contributed by atoms with Gasteiger partial charge < -0.3 is 9.47 Å². The van der Waals surface area contributed by atoms with E-state index in [4.69, 9.17) is 32.7 Å². The first-order valence-electron chi connectivity index (χ1n) is 6.95. The van der Waals surface area contributed by atoms with Crippen molar-refractivity contribution in [3.8, 4) is 11.5 Å². The molecule has 0 aliphatic carbocycles. The molecule has 2 aromatic rings. The number of ketones is 1. The lowest BCUT2D eigenvalue weighted by Crippen LogP contribution is -2.03. The Balaban J connectivity index is 2.44. The highest BCUT2D eigenvalue weighted by atomic mass is 35.5. The molecule has 0 unspecified atom stereocenters. The van der Waals surface area contributed by atoms with Crippen LogP contribution in [-0.4, -0.2) is 24.9 Å². The molecule has 2 rings (SSSR count). The maximum absolute atomic E-state index is 12.4. The molecule has 0 N–H and O–H groups in total. The maximum atomic E-state index is 12.4. The first-order valence-corrected chi connectivity index (χ1v) is 7.70. The molecule has 0 bridgehead atoms. The molecule has 0 atom stereocenters. The van der Waals surface area contributed by atoms with Gasteiger partial charge in [0.05, 0.1) is 25.2 Å². The minimum Gasteiger partial charge on any atom is -0.493 e. The second-order valence-corrected chi connectivity index (χ2v) is 5.69. The fourth-order valence-corrected chi connectivity index (χ4v) is 2.58. The monoisotopic (exact) mass is 381 g/mol. The Hall–Kier alpha value is -2.57. The van der Waals surface area contributed by atoms with E-state index in [0.717, 1.165) is 6.07 Å². The van der Waals surface area contributed by atoms with Crippen molar-refractivity contribution >= 4 is 40.7 Å². The molecule has 0 spiro atoms. The maximum Gasteiger partial charge on any atom is 0.284 e. The standard InChI is InChI=1S/C17H13Cl2NO5/c1-24-16-8-12(14(20(22)23)9-17(16)25-2)15(21)6-4-10-3-5-11(18)7-13(10)19/h3-9H,1-2H3. The quantitative estimate of drug-likeness (QED) is 0.310. The molecule has 0 saturated carbocycles. The van der Waals surface area contributed by atoms with E-state index in [2.05, 4.69) is 0 Å². The predicted octanol–water partition coefficient (Wildman–Crippen LogP) is 4.81. The lowest BCUT2D eigenvalue weighted by atomic mass is 10.1. The Morgan fingerprint density at radius 1 is 1.12 bits per heavy atom. The minimum absolute atomic E-state index is 0.121. The van der Waals surface area contributed by atoms with Crippen molar-refractivity contribution in [1.29, 1.82) is 0 Å². The zero-order chi connectivity index (χ0) is 18.6. The van der Waals surface area contributed by atoms with Gasteiger partial charge in [-0.15, -0.1) is 0 Å². The van der Waals surface area contributed by atoms with Gasteiger partial charge in [-0.25, -0.2) is 0 Å². The van der Waals surface area contributed by atoms with Crippen molar-refractivity contribution in [1.82, 2.24) is 0 Å². The molecule has 0 saturated heterocycles. The van der Waals surface area contributed by atoms with Crippen LogP contribution >= 0.6 is 23.2 Å². The molecular formula is C17H13Cl2NO5. The molecule has 0 aliphatic heterocycles. The lowest BCUT2D eigenvalue weighted by Gasteiger charge is -2.09. The zero-order valence-electron chi connectivity index (χ0n) is 13.3. The van der Waals surface area contributed by atoms with Gasteiger partial charge in [-0.2, -0.15) is 0 Å². The molecule has 0 aliphatic rings. The number of rotatable bonds is 6. The van der Waals surface area contributed by atoms with Gasteiger partial charge in [0.2, 0.25) is 0 Å². The lowest BCUT2D eigenvalue weighted by molar-refractivity contribution is -0.385. The number of ether oxygens (including phenoxy) is 2. The number of hydrogen-bond donors (Lipinski definition) is 0. The van der Waals surface area contributed by atoms with Crippen LogP contribution in [-0.2, 0) is 0 Å². The highest BCUT2D eigenvalue weighted by Gasteiger charge is 2.23. The summed E-state index contributed by atoms with van der Waals surface area (Å²) in [6.45, 7) is 0. The van der Waals surface area contributed by atoms with Crippen molar-refractivity contribution in [3.63, 3.8) is 0 Å². The molecule has 0 amide bonds. The summed E-state index contributed by atoms with van der Waals surface area (Å²) in [4.78, 5) is 23.0. The van der Waals surface area contributed by atoms with Crippen molar-refractivity contribution in [2.45, 2.75) is 0 Å². The van der Waals surface area contributed by atoms with Gasteiger partial charge >= 0.3 is 0 Å². The SMILES string of the molecule is COc1cc(C(=O)C=Cc2ccc(Cl)cc2Cl)c([N+](=O)[O-])cc1OC. The van der Waals surface area contributed by atoms with Gasteiger partial charge in [-0.05, 0) is 29.8 Å². The summed E-state index contributed by atoms with van der Waals surface area (Å²) in [5.41, 5.74) is 0.0565. The van der Waals surface area contributed by atoms with Gasteiger partial charge in [0, 0.05) is 16.1 Å². The number of nitrogens with zero attached hydrogens (tertiary/aromatic N) is 1. The molecule has 25 heavy (non-hydrogen) atoms. The van der Waals surface area contributed by atoms with Crippen LogP contribution in [0.2, 0.25) is 10.0 Å². The molecular weight excluding hydrogens is 369 g/mol. The molecule has 8 heteroatoms. The third-order valence-corrected chi connectivity index (χ3v) is 3.90. The number of halogens is 2. The smallest absolute Gasteiger partial charge is 0.284 e. The second-order valence-electron chi connectivity index (χ2n) is 4.84. The number of nitro benzene ring substituents is 1. The first-order chi connectivity index (χ1) is 11.9. The number of benzene rings is 2. The van der Waals surface area contributed by atoms with E-state index in [9.17, 15) is 14.9 Å². The van der Waals surface area contributed by atoms with Gasteiger partial charge in [0.25, 0.3) is 5.69 Å². The average molecular weight is 382 g/mol. The van der Waals surface area contributed by atoms with E-state index in [1.807, 2.05) is 0 Å². The zero-order valence-corrected chi connectivity index (χ0v) is 14.8. The molecule has 130 valence electrons. The summed E-state index contributed by atoms with van der Waals surface area (Å²) >= 11 is 11.9. The Bertz CT molecular complexity index is 864. The third-order valence-electron chi connectivity index (χ3n) is 3.34. The molecule has 2 aromatic carbocycles. The summed E-state index contributed by atoms with van der Waals surface area (Å²) in [6.07, 6.45) is 2.66. The molecule has 0 heterocycles. The number of nitro groups is 1. The van der Waals surface area contributed by atoms with E-state index in [0.29, 0.717) is 15.6 Å². The topological polar surface area (TPSA) is 78.7 Å². The van der Waals surface area contributed by atoms with Crippen LogP contribution in [0.4, 0.5) is 5.69 Å². The number of methoxy groups -OCH3 is 2. The first kappa shape index (κ1) is 18.8. The number of carbonyl (C=O) groups excluding carboxylic acids is 1. The number of hydrogen-bond acceptors (Lipinski definition) is 5. The summed E-state index contributed by atoms with van der Waals surface area (Å²) < 4.78 is 10.1. The normalized spacial score (nSPS) is 10.7. The van der Waals surface area contributed by atoms with Crippen LogP contribution in [0.25, 0.3) is 6.08 Å². The van der Waals surface area contributed by atoms with E-state index in [-0.39, 0.29) is 22.7 Å². The number of carbonyl (C=O) groups is 1. The Labute approximate surface area is 153 Å². The predicted molar refractivity (Wildman–Crippen MR) is 96.0 cm³/mol. The van der Waals surface area contributed by atoms with Crippen molar-refractivity contribution in [2.75, 3.05) is 14.2 Å². The summed E-state index contributed by atoms with van der Waals surface area (Å²) in [5, 5.41) is 12.1. The van der Waals surface area contributed by atoms with Crippen LogP contribution in [0.5, 0.6) is 11.5 Å². The van der Waals surface area contributed by atoms with E-state index >= 15 is 0 Å². The molecule has 0 aromatic heterocycles. The minimum atomic E-state index is -0.654. The molecule has 0 fully saturated rings. The summed E-state index contributed by atoms with van der Waals surface area (Å²) in [5.74, 6) is -0.191. The number of allylic oxidation sites excluding steroid dienone is 1. The fourth-order valence-electron chi connectivity index (χ4n) is 2.11. The second kappa shape index (κ2) is 8.00. The van der Waals surface area contributed by atoms with Crippen LogP contribution in [0.15, 0.2) is 36.4 Å². The van der Waals surface area contributed by atoms with Crippen LogP contribution < -0.4 is 9.47 Å². The van der Waals surface area contributed by atoms with Crippen molar-refractivity contribution in [3.05, 3.63) is 67.7 Å². The Kier molecular flexibility index (Phi) is 6.01. The van der Waals surface area contributed by atoms with Gasteiger partial charge in [0.1, 0.15) is 5.56 Å². The van der Waals surface area contributed by atoms with Crippen molar-refractivity contribution in [2.24, 2.45) is 0 Å². The summed E-state index contributed by atoms with van der Waals surface area (Å²) in [6, 6.07) is 7.21. The van der Waals surface area contributed by atoms with E-state index in [1.54, 1.807) is 12.1 Å². The Morgan fingerprint density at radius 3 is 2.32 bits per heavy atom. The average Bonchev–Trinajstić information content (AvgIpc) is 2.59. The third kappa shape index (κ3) is 4.29. The van der Waals surface area contributed by atoms with Crippen LogP contribution in [0, 0.1) is 10.1 Å². The molecule has 6 nitrogen and oxygen atoms in total. The van der Waals surface area contributed by atoms with Crippen molar-refractivity contribution < 1.29 is 19.2 Å². The largest absolute Gasteiger partial charge is 0.493 e. The van der Waals surface area contributed by atoms with E-state index < -0.39 is 10.7 Å².